The predicted molar refractivity (Wildman–Crippen MR) is 74.8 cm³/mol. The van der Waals surface area contributed by atoms with Crippen LogP contribution in [0.4, 0.5) is 6.01 Å². The van der Waals surface area contributed by atoms with Crippen LogP contribution >= 0.6 is 0 Å². The van der Waals surface area contributed by atoms with Crippen LogP contribution in [0.15, 0.2) is 34.7 Å². The molecule has 1 heterocycles. The first-order valence-corrected chi connectivity index (χ1v) is 6.68. The van der Waals surface area contributed by atoms with E-state index >= 15 is 0 Å². The Morgan fingerprint density at radius 3 is 2.63 bits per heavy atom. The van der Waals surface area contributed by atoms with E-state index in [0.717, 1.165) is 13.0 Å². The molecule has 0 aliphatic carbocycles. The Hall–Kier alpha value is -1.88. The zero-order valence-corrected chi connectivity index (χ0v) is 11.4. The molecule has 2 N–H and O–H groups in total. The maximum absolute atomic E-state index is 5.54. The van der Waals surface area contributed by atoms with Crippen LogP contribution in [-0.2, 0) is 6.54 Å². The minimum absolute atomic E-state index is 0.189. The smallest absolute Gasteiger partial charge is 0.315 e. The van der Waals surface area contributed by atoms with Crippen LogP contribution < -0.4 is 10.6 Å². The highest BCUT2D eigenvalue weighted by atomic mass is 16.4. The molecule has 0 spiro atoms. The maximum atomic E-state index is 5.54. The summed E-state index contributed by atoms with van der Waals surface area (Å²) in [5.74, 6) is 0.604. The number of hydrogen-bond acceptors (Lipinski definition) is 5. The topological polar surface area (TPSA) is 63.0 Å². The fraction of sp³-hybridized carbons (Fsp3) is 0.429. The van der Waals surface area contributed by atoms with Gasteiger partial charge in [-0.1, -0.05) is 49.3 Å². The van der Waals surface area contributed by atoms with E-state index in [2.05, 4.69) is 39.9 Å². The first kappa shape index (κ1) is 13.5. The second kappa shape index (κ2) is 6.89. The van der Waals surface area contributed by atoms with Gasteiger partial charge in [-0.2, -0.15) is 0 Å². The SMILES string of the molecule is CCNCc1nnc(NC(CC)c2ccccc2)o1. The van der Waals surface area contributed by atoms with Gasteiger partial charge < -0.3 is 15.1 Å². The van der Waals surface area contributed by atoms with E-state index in [1.807, 2.05) is 25.1 Å². The van der Waals surface area contributed by atoms with E-state index in [1.165, 1.54) is 5.56 Å². The summed E-state index contributed by atoms with van der Waals surface area (Å²) < 4.78 is 5.54. The van der Waals surface area contributed by atoms with Crippen LogP contribution in [0.5, 0.6) is 0 Å². The number of hydrogen-bond donors (Lipinski definition) is 2. The van der Waals surface area contributed by atoms with Gasteiger partial charge in [0.15, 0.2) is 0 Å². The van der Waals surface area contributed by atoms with Crippen LogP contribution in [-0.4, -0.2) is 16.7 Å². The molecule has 2 aromatic rings. The molecule has 0 aliphatic rings. The molecule has 102 valence electrons. The Bertz CT molecular complexity index is 483. The summed E-state index contributed by atoms with van der Waals surface area (Å²) in [7, 11) is 0. The van der Waals surface area contributed by atoms with Gasteiger partial charge in [0, 0.05) is 0 Å². The minimum Gasteiger partial charge on any atom is -0.407 e. The molecule has 0 bridgehead atoms. The number of aromatic nitrogens is 2. The van der Waals surface area contributed by atoms with E-state index in [-0.39, 0.29) is 6.04 Å². The van der Waals surface area contributed by atoms with Gasteiger partial charge in [0.1, 0.15) is 0 Å². The molecule has 5 heteroatoms. The van der Waals surface area contributed by atoms with Gasteiger partial charge in [0.2, 0.25) is 5.89 Å². The molecule has 1 aromatic carbocycles. The van der Waals surface area contributed by atoms with Crippen molar-refractivity contribution in [1.29, 1.82) is 0 Å². The molecule has 5 nitrogen and oxygen atoms in total. The lowest BCUT2D eigenvalue weighted by Crippen LogP contribution is -2.11. The number of benzene rings is 1. The van der Waals surface area contributed by atoms with Gasteiger partial charge in [-0.05, 0) is 18.5 Å². The Kier molecular flexibility index (Phi) is 4.92. The van der Waals surface area contributed by atoms with Crippen molar-refractivity contribution in [1.82, 2.24) is 15.5 Å². The van der Waals surface area contributed by atoms with Crippen LogP contribution in [0.25, 0.3) is 0 Å². The van der Waals surface area contributed by atoms with Crippen molar-refractivity contribution in [2.24, 2.45) is 0 Å². The quantitative estimate of drug-likeness (QED) is 0.801. The third-order valence-electron chi connectivity index (χ3n) is 2.90. The minimum atomic E-state index is 0.189. The molecule has 0 saturated carbocycles. The average Bonchev–Trinajstić information content (AvgIpc) is 2.91. The third-order valence-corrected chi connectivity index (χ3v) is 2.90. The molecule has 1 aromatic heterocycles. The van der Waals surface area contributed by atoms with E-state index in [1.54, 1.807) is 0 Å². The molecule has 0 fully saturated rings. The molecular weight excluding hydrogens is 240 g/mol. The van der Waals surface area contributed by atoms with Crippen LogP contribution in [0.2, 0.25) is 0 Å². The molecule has 0 amide bonds. The molecule has 19 heavy (non-hydrogen) atoms. The number of nitrogens with one attached hydrogen (secondary N) is 2. The predicted octanol–water partition coefficient (Wildman–Crippen LogP) is 2.74. The lowest BCUT2D eigenvalue weighted by atomic mass is 10.1. The zero-order chi connectivity index (χ0) is 13.5. The van der Waals surface area contributed by atoms with Crippen molar-refractivity contribution in [3.63, 3.8) is 0 Å². The van der Waals surface area contributed by atoms with Gasteiger partial charge in [-0.25, -0.2) is 0 Å². The number of nitrogens with zero attached hydrogens (tertiary/aromatic N) is 2. The Balaban J connectivity index is 2.00. The lowest BCUT2D eigenvalue weighted by molar-refractivity contribution is 0.476. The molecule has 1 atom stereocenters. The summed E-state index contributed by atoms with van der Waals surface area (Å²) in [6.07, 6.45) is 0.953. The largest absolute Gasteiger partial charge is 0.407 e. The van der Waals surface area contributed by atoms with Crippen molar-refractivity contribution in [2.75, 3.05) is 11.9 Å². The summed E-state index contributed by atoms with van der Waals surface area (Å²) in [6.45, 7) is 5.65. The summed E-state index contributed by atoms with van der Waals surface area (Å²) >= 11 is 0. The Morgan fingerprint density at radius 2 is 1.95 bits per heavy atom. The summed E-state index contributed by atoms with van der Waals surface area (Å²) in [4.78, 5) is 0. The molecule has 2 rings (SSSR count). The summed E-state index contributed by atoms with van der Waals surface area (Å²) in [5.41, 5.74) is 1.22. The summed E-state index contributed by atoms with van der Waals surface area (Å²) in [6, 6.07) is 10.9. The van der Waals surface area contributed by atoms with Gasteiger partial charge in [-0.3, -0.25) is 0 Å². The normalized spacial score (nSPS) is 12.3. The fourth-order valence-corrected chi connectivity index (χ4v) is 1.87. The molecule has 0 radical (unpaired) electrons. The van der Waals surface area contributed by atoms with E-state index < -0.39 is 0 Å². The van der Waals surface area contributed by atoms with Gasteiger partial charge in [0.05, 0.1) is 12.6 Å². The van der Waals surface area contributed by atoms with E-state index in [4.69, 9.17) is 4.42 Å². The van der Waals surface area contributed by atoms with Crippen molar-refractivity contribution in [3.8, 4) is 0 Å². The third kappa shape index (κ3) is 3.79. The Labute approximate surface area is 113 Å². The van der Waals surface area contributed by atoms with Crippen molar-refractivity contribution >= 4 is 6.01 Å². The molecule has 0 aliphatic heterocycles. The molecular formula is C14H20N4O. The van der Waals surface area contributed by atoms with Gasteiger partial charge in [-0.15, -0.1) is 5.10 Å². The second-order valence-corrected chi connectivity index (χ2v) is 4.30. The average molecular weight is 260 g/mol. The van der Waals surface area contributed by atoms with Crippen molar-refractivity contribution < 1.29 is 4.42 Å². The maximum Gasteiger partial charge on any atom is 0.315 e. The van der Waals surface area contributed by atoms with Crippen LogP contribution in [0, 0.1) is 0 Å². The monoisotopic (exact) mass is 260 g/mol. The fourth-order valence-electron chi connectivity index (χ4n) is 1.87. The first-order valence-electron chi connectivity index (χ1n) is 6.68. The Morgan fingerprint density at radius 1 is 1.16 bits per heavy atom. The number of anilines is 1. The highest BCUT2D eigenvalue weighted by molar-refractivity contribution is 5.28. The van der Waals surface area contributed by atoms with Gasteiger partial charge >= 0.3 is 6.01 Å². The standard InChI is InChI=1S/C14H20N4O/c1-3-12(11-8-6-5-7-9-11)16-14-18-17-13(19-14)10-15-4-2/h5-9,12,15H,3-4,10H2,1-2H3,(H,16,18). The van der Waals surface area contributed by atoms with Crippen LogP contribution in [0.3, 0.4) is 0 Å². The highest BCUT2D eigenvalue weighted by Gasteiger charge is 2.12. The second-order valence-electron chi connectivity index (χ2n) is 4.30. The van der Waals surface area contributed by atoms with E-state index in [0.29, 0.717) is 18.5 Å². The summed E-state index contributed by atoms with van der Waals surface area (Å²) in [5, 5.41) is 14.4. The number of rotatable bonds is 7. The molecule has 1 unspecified atom stereocenters. The van der Waals surface area contributed by atoms with Gasteiger partial charge in [0.25, 0.3) is 0 Å². The first-order chi connectivity index (χ1) is 9.33. The molecule has 0 saturated heterocycles. The highest BCUT2D eigenvalue weighted by Crippen LogP contribution is 2.21. The van der Waals surface area contributed by atoms with Crippen molar-refractivity contribution in [3.05, 3.63) is 41.8 Å². The van der Waals surface area contributed by atoms with E-state index in [9.17, 15) is 0 Å². The lowest BCUT2D eigenvalue weighted by Gasteiger charge is -2.15. The zero-order valence-electron chi connectivity index (χ0n) is 11.4. The van der Waals surface area contributed by atoms with Crippen LogP contribution in [0.1, 0.15) is 37.8 Å². The van der Waals surface area contributed by atoms with Crippen molar-refractivity contribution in [2.45, 2.75) is 32.9 Å².